The predicted octanol–water partition coefficient (Wildman–Crippen LogP) is 1.75. The monoisotopic (exact) mass is 229 g/mol. The van der Waals surface area contributed by atoms with Crippen molar-refractivity contribution in [2.75, 3.05) is 0 Å². The third-order valence-corrected chi connectivity index (χ3v) is 2.31. The molecule has 0 aliphatic heterocycles. The summed E-state index contributed by atoms with van der Waals surface area (Å²) in [7, 11) is 0. The molecule has 0 aliphatic rings. The van der Waals surface area contributed by atoms with E-state index >= 15 is 0 Å². The highest BCUT2D eigenvalue weighted by Crippen LogP contribution is 2.11. The molecule has 1 heterocycles. The summed E-state index contributed by atoms with van der Waals surface area (Å²) in [4.78, 5) is 14.3. The van der Waals surface area contributed by atoms with Gasteiger partial charge in [-0.05, 0) is 12.1 Å². The number of imidazole rings is 1. The maximum Gasteiger partial charge on any atom is 0.169 e. The lowest BCUT2D eigenvalue weighted by Gasteiger charge is -2.03. The molecule has 0 fully saturated rings. The molecule has 0 saturated heterocycles. The van der Waals surface area contributed by atoms with Gasteiger partial charge in [0.15, 0.2) is 6.29 Å². The Morgan fingerprint density at radius 1 is 1.53 bits per heavy atom. The number of nitrogens with zero attached hydrogens (tertiary/aromatic N) is 3. The number of benzene rings is 1. The second-order valence-corrected chi connectivity index (χ2v) is 3.51. The van der Waals surface area contributed by atoms with Crippen LogP contribution in [0.5, 0.6) is 0 Å². The molecule has 0 radical (unpaired) electrons. The number of rotatable bonds is 3. The molecule has 1 aromatic carbocycles. The van der Waals surface area contributed by atoms with E-state index in [1.807, 2.05) is 6.07 Å². The second kappa shape index (κ2) is 4.58. The summed E-state index contributed by atoms with van der Waals surface area (Å²) in [5.41, 5.74) is 1.03. The molecular weight excluding hydrogens is 221 g/mol. The molecule has 17 heavy (non-hydrogen) atoms. The van der Waals surface area contributed by atoms with E-state index in [4.69, 9.17) is 5.26 Å². The van der Waals surface area contributed by atoms with Crippen molar-refractivity contribution < 1.29 is 9.18 Å². The maximum absolute atomic E-state index is 13.6. The van der Waals surface area contributed by atoms with Gasteiger partial charge in [-0.3, -0.25) is 4.79 Å². The van der Waals surface area contributed by atoms with Crippen LogP contribution >= 0.6 is 0 Å². The fraction of sp³-hybridized carbons (Fsp3) is 0.0833. The van der Waals surface area contributed by atoms with Crippen molar-refractivity contribution in [3.63, 3.8) is 0 Å². The molecule has 0 spiro atoms. The largest absolute Gasteiger partial charge is 0.332 e. The molecular formula is C12H8FN3O. The third-order valence-electron chi connectivity index (χ3n) is 2.31. The first kappa shape index (κ1) is 11.0. The van der Waals surface area contributed by atoms with Gasteiger partial charge in [0, 0.05) is 11.8 Å². The number of nitriles is 1. The van der Waals surface area contributed by atoms with E-state index in [1.165, 1.54) is 18.6 Å². The Balaban J connectivity index is 2.24. The minimum absolute atomic E-state index is 0.276. The number of carbonyl (C=O) groups excluding carboxylic acids is 1. The zero-order valence-corrected chi connectivity index (χ0v) is 8.80. The molecule has 2 rings (SSSR count). The van der Waals surface area contributed by atoms with Crippen LogP contribution < -0.4 is 0 Å². The molecule has 1 aromatic heterocycles. The van der Waals surface area contributed by atoms with Crippen LogP contribution in [0.25, 0.3) is 0 Å². The fourth-order valence-corrected chi connectivity index (χ4v) is 1.47. The average molecular weight is 229 g/mol. The molecule has 84 valence electrons. The molecule has 0 aliphatic carbocycles. The van der Waals surface area contributed by atoms with Gasteiger partial charge in [0.1, 0.15) is 11.5 Å². The number of aldehydes is 1. The first-order valence-electron chi connectivity index (χ1n) is 4.88. The first-order chi connectivity index (χ1) is 8.22. The predicted molar refractivity (Wildman–Crippen MR) is 57.8 cm³/mol. The SMILES string of the molecule is N#Cc1ccc(Cn2cnc(C=O)c2)c(F)c1. The Labute approximate surface area is 96.9 Å². The quantitative estimate of drug-likeness (QED) is 0.753. The van der Waals surface area contributed by atoms with Crippen molar-refractivity contribution in [2.45, 2.75) is 6.54 Å². The van der Waals surface area contributed by atoms with Crippen molar-refractivity contribution in [1.82, 2.24) is 9.55 Å². The van der Waals surface area contributed by atoms with Crippen LogP contribution in [0.15, 0.2) is 30.7 Å². The van der Waals surface area contributed by atoms with Gasteiger partial charge in [-0.25, -0.2) is 9.37 Å². The van der Waals surface area contributed by atoms with Crippen molar-refractivity contribution >= 4 is 6.29 Å². The van der Waals surface area contributed by atoms with Gasteiger partial charge in [-0.15, -0.1) is 0 Å². The van der Waals surface area contributed by atoms with Crippen LogP contribution in [0.4, 0.5) is 4.39 Å². The van der Waals surface area contributed by atoms with E-state index in [-0.39, 0.29) is 12.1 Å². The highest BCUT2D eigenvalue weighted by molar-refractivity contribution is 5.70. The number of aromatic nitrogens is 2. The van der Waals surface area contributed by atoms with Gasteiger partial charge in [0.25, 0.3) is 0 Å². The van der Waals surface area contributed by atoms with Gasteiger partial charge in [-0.1, -0.05) is 6.07 Å². The summed E-state index contributed by atoms with van der Waals surface area (Å²) < 4.78 is 15.2. The lowest BCUT2D eigenvalue weighted by atomic mass is 10.1. The van der Waals surface area contributed by atoms with Crippen molar-refractivity contribution in [3.8, 4) is 6.07 Å². The summed E-state index contributed by atoms with van der Waals surface area (Å²) in [5.74, 6) is -0.439. The topological polar surface area (TPSA) is 58.7 Å². The zero-order valence-electron chi connectivity index (χ0n) is 8.80. The summed E-state index contributed by atoms with van der Waals surface area (Å²) in [6.07, 6.45) is 3.62. The number of halogens is 1. The molecule has 4 nitrogen and oxygen atoms in total. The van der Waals surface area contributed by atoms with Crippen LogP contribution in [0.3, 0.4) is 0 Å². The van der Waals surface area contributed by atoms with Crippen molar-refractivity contribution in [3.05, 3.63) is 53.4 Å². The molecule has 5 heteroatoms. The fourth-order valence-electron chi connectivity index (χ4n) is 1.47. The lowest BCUT2D eigenvalue weighted by molar-refractivity contribution is 0.111. The summed E-state index contributed by atoms with van der Waals surface area (Å²) in [5, 5.41) is 8.61. The second-order valence-electron chi connectivity index (χ2n) is 3.51. The van der Waals surface area contributed by atoms with Crippen LogP contribution in [0, 0.1) is 17.1 Å². The molecule has 0 atom stereocenters. The van der Waals surface area contributed by atoms with Crippen LogP contribution in [0.1, 0.15) is 21.6 Å². The molecule has 2 aromatic rings. The lowest BCUT2D eigenvalue weighted by Crippen LogP contribution is -1.99. The Hall–Kier alpha value is -2.48. The van der Waals surface area contributed by atoms with E-state index in [0.29, 0.717) is 17.5 Å². The Morgan fingerprint density at radius 2 is 2.35 bits per heavy atom. The van der Waals surface area contributed by atoms with E-state index in [1.54, 1.807) is 16.7 Å². The Morgan fingerprint density at radius 3 is 2.94 bits per heavy atom. The van der Waals surface area contributed by atoms with Gasteiger partial charge < -0.3 is 4.57 Å². The molecule has 0 saturated carbocycles. The number of hydrogen-bond acceptors (Lipinski definition) is 3. The first-order valence-corrected chi connectivity index (χ1v) is 4.88. The summed E-state index contributed by atoms with van der Waals surface area (Å²) >= 11 is 0. The molecule has 0 amide bonds. The number of carbonyl (C=O) groups is 1. The standard InChI is InChI=1S/C12H8FN3O/c13-12-3-9(4-14)1-2-10(12)5-16-6-11(7-17)15-8-16/h1-3,6-8H,5H2. The maximum atomic E-state index is 13.6. The molecule has 0 bridgehead atoms. The van der Waals surface area contributed by atoms with Crippen molar-refractivity contribution in [1.29, 1.82) is 5.26 Å². The third kappa shape index (κ3) is 2.37. The molecule has 0 unspecified atom stereocenters. The Kier molecular flexibility index (Phi) is 2.97. The van der Waals surface area contributed by atoms with Crippen LogP contribution in [-0.2, 0) is 6.54 Å². The Bertz CT molecular complexity index is 598. The summed E-state index contributed by atoms with van der Waals surface area (Å²) in [6.45, 7) is 0.276. The van der Waals surface area contributed by atoms with Gasteiger partial charge >= 0.3 is 0 Å². The minimum Gasteiger partial charge on any atom is -0.332 e. The van der Waals surface area contributed by atoms with E-state index < -0.39 is 5.82 Å². The zero-order chi connectivity index (χ0) is 12.3. The highest BCUT2D eigenvalue weighted by atomic mass is 19.1. The number of hydrogen-bond donors (Lipinski definition) is 0. The minimum atomic E-state index is -0.439. The smallest absolute Gasteiger partial charge is 0.169 e. The summed E-state index contributed by atoms with van der Waals surface area (Å²) in [6, 6.07) is 6.16. The van der Waals surface area contributed by atoms with Crippen LogP contribution in [0.2, 0.25) is 0 Å². The van der Waals surface area contributed by atoms with Crippen LogP contribution in [-0.4, -0.2) is 15.8 Å². The van der Waals surface area contributed by atoms with Gasteiger partial charge in [0.05, 0.1) is 24.5 Å². The van der Waals surface area contributed by atoms with E-state index in [2.05, 4.69) is 4.98 Å². The van der Waals surface area contributed by atoms with Gasteiger partial charge in [0.2, 0.25) is 0 Å². The van der Waals surface area contributed by atoms with E-state index in [9.17, 15) is 9.18 Å². The molecule has 0 N–H and O–H groups in total. The van der Waals surface area contributed by atoms with Gasteiger partial charge in [-0.2, -0.15) is 5.26 Å². The normalized spacial score (nSPS) is 9.88. The van der Waals surface area contributed by atoms with E-state index in [0.717, 1.165) is 0 Å². The van der Waals surface area contributed by atoms with Crippen molar-refractivity contribution in [2.24, 2.45) is 0 Å². The average Bonchev–Trinajstić information content (AvgIpc) is 2.79. The highest BCUT2D eigenvalue weighted by Gasteiger charge is 2.05.